The molecule has 1 aromatic carbocycles. The number of hydrogen-bond donors (Lipinski definition) is 1. The fourth-order valence-corrected chi connectivity index (χ4v) is 5.76. The van der Waals surface area contributed by atoms with E-state index in [1.54, 1.807) is 11.0 Å². The third kappa shape index (κ3) is 4.75. The van der Waals surface area contributed by atoms with Crippen LogP contribution < -0.4 is 4.74 Å². The lowest BCUT2D eigenvalue weighted by atomic mass is 9.93. The second-order valence-corrected chi connectivity index (χ2v) is 10.0. The maximum atomic E-state index is 13.2. The summed E-state index contributed by atoms with van der Waals surface area (Å²) in [5, 5.41) is 10.3. The number of aliphatic hydroxyl groups is 1. The minimum Gasteiger partial charge on any atom is -0.496 e. The van der Waals surface area contributed by atoms with Gasteiger partial charge in [0.2, 0.25) is 10.0 Å². The molecule has 0 radical (unpaired) electrons. The van der Waals surface area contributed by atoms with E-state index in [2.05, 4.69) is 0 Å². The summed E-state index contributed by atoms with van der Waals surface area (Å²) in [7, 11) is -0.855. The molecule has 1 aromatic rings. The lowest BCUT2D eigenvalue weighted by molar-refractivity contribution is 0.0637. The van der Waals surface area contributed by atoms with Gasteiger partial charge in [0.15, 0.2) is 0 Å². The summed E-state index contributed by atoms with van der Waals surface area (Å²) >= 11 is 0. The zero-order valence-electron chi connectivity index (χ0n) is 17.3. The number of rotatable bonds is 5. The Bertz CT molecular complexity index is 818. The van der Waals surface area contributed by atoms with Gasteiger partial charge in [-0.1, -0.05) is 25.7 Å². The van der Waals surface area contributed by atoms with E-state index in [4.69, 9.17) is 4.74 Å². The third-order valence-electron chi connectivity index (χ3n) is 6.13. The van der Waals surface area contributed by atoms with E-state index in [1.807, 2.05) is 0 Å². The molecule has 2 fully saturated rings. The van der Waals surface area contributed by atoms with Gasteiger partial charge >= 0.3 is 0 Å². The molecule has 1 aliphatic carbocycles. The summed E-state index contributed by atoms with van der Waals surface area (Å²) in [6.45, 7) is 1.35. The number of aliphatic hydroxyl groups excluding tert-OH is 1. The van der Waals surface area contributed by atoms with Crippen molar-refractivity contribution in [1.82, 2.24) is 9.21 Å². The van der Waals surface area contributed by atoms with Gasteiger partial charge in [0, 0.05) is 20.1 Å². The molecule has 1 saturated heterocycles. The molecule has 29 heavy (non-hydrogen) atoms. The molecule has 8 heteroatoms. The Morgan fingerprint density at radius 1 is 1.10 bits per heavy atom. The topological polar surface area (TPSA) is 87.1 Å². The van der Waals surface area contributed by atoms with Crippen molar-refractivity contribution in [2.45, 2.75) is 68.4 Å². The van der Waals surface area contributed by atoms with Crippen molar-refractivity contribution in [3.63, 3.8) is 0 Å². The van der Waals surface area contributed by atoms with Crippen LogP contribution in [0.1, 0.15) is 61.7 Å². The highest BCUT2D eigenvalue weighted by atomic mass is 32.2. The lowest BCUT2D eigenvalue weighted by Gasteiger charge is -2.34. The average Bonchev–Trinajstić information content (AvgIpc) is 3.02. The van der Waals surface area contributed by atoms with Gasteiger partial charge in [-0.3, -0.25) is 4.79 Å². The van der Waals surface area contributed by atoms with Crippen molar-refractivity contribution >= 4 is 15.9 Å². The Morgan fingerprint density at radius 3 is 2.38 bits per heavy atom. The van der Waals surface area contributed by atoms with Crippen LogP contribution in [0.5, 0.6) is 5.75 Å². The summed E-state index contributed by atoms with van der Waals surface area (Å²) in [6, 6.07) is 4.00. The molecule has 162 valence electrons. The molecule has 1 saturated carbocycles. The van der Waals surface area contributed by atoms with Gasteiger partial charge < -0.3 is 14.7 Å². The second kappa shape index (κ2) is 9.45. The largest absolute Gasteiger partial charge is 0.496 e. The van der Waals surface area contributed by atoms with Gasteiger partial charge in [-0.2, -0.15) is 4.31 Å². The van der Waals surface area contributed by atoms with E-state index in [9.17, 15) is 18.3 Å². The summed E-state index contributed by atoms with van der Waals surface area (Å²) in [4.78, 5) is 15.0. The van der Waals surface area contributed by atoms with E-state index in [1.165, 1.54) is 30.6 Å². The number of carbonyl (C=O) groups excluding carboxylic acids is 1. The monoisotopic (exact) mass is 424 g/mol. The van der Waals surface area contributed by atoms with E-state index in [-0.39, 0.29) is 16.4 Å². The van der Waals surface area contributed by atoms with Crippen LogP contribution in [0.3, 0.4) is 0 Å². The van der Waals surface area contributed by atoms with Crippen molar-refractivity contribution in [3.05, 3.63) is 23.8 Å². The first kappa shape index (κ1) is 22.1. The number of hydrogen-bond acceptors (Lipinski definition) is 5. The van der Waals surface area contributed by atoms with Gasteiger partial charge in [-0.05, 0) is 43.9 Å². The minimum atomic E-state index is -3.84. The quantitative estimate of drug-likeness (QED) is 0.785. The fraction of sp³-hybridized carbons (Fsp3) is 0.667. The number of sulfonamides is 1. The number of likely N-dealkylation sites (tertiary alicyclic amines) is 1. The molecule has 2 aliphatic rings. The normalized spacial score (nSPS) is 23.7. The van der Waals surface area contributed by atoms with Crippen LogP contribution in [0.25, 0.3) is 0 Å². The second-order valence-electron chi connectivity index (χ2n) is 8.01. The molecule has 0 spiro atoms. The molecule has 1 aliphatic heterocycles. The van der Waals surface area contributed by atoms with Crippen molar-refractivity contribution in [3.8, 4) is 5.75 Å². The third-order valence-corrected chi connectivity index (χ3v) is 8.01. The molecule has 1 N–H and O–H groups in total. The molecule has 1 amide bonds. The number of methoxy groups -OCH3 is 1. The van der Waals surface area contributed by atoms with Crippen LogP contribution in [0, 0.1) is 0 Å². The number of carbonyl (C=O) groups is 1. The summed E-state index contributed by atoms with van der Waals surface area (Å²) in [5.41, 5.74) is 0.271. The predicted molar refractivity (Wildman–Crippen MR) is 111 cm³/mol. The number of amides is 1. The molecule has 7 nitrogen and oxygen atoms in total. The lowest BCUT2D eigenvalue weighted by Crippen LogP contribution is -2.46. The molecule has 0 aromatic heterocycles. The van der Waals surface area contributed by atoms with Gasteiger partial charge in [0.1, 0.15) is 5.75 Å². The Morgan fingerprint density at radius 2 is 1.76 bits per heavy atom. The van der Waals surface area contributed by atoms with Crippen molar-refractivity contribution < 1.29 is 23.1 Å². The first-order valence-corrected chi connectivity index (χ1v) is 11.9. The van der Waals surface area contributed by atoms with Crippen LogP contribution in [-0.4, -0.2) is 68.0 Å². The zero-order valence-corrected chi connectivity index (χ0v) is 18.2. The van der Waals surface area contributed by atoms with E-state index in [0.717, 1.165) is 38.5 Å². The highest BCUT2D eigenvalue weighted by molar-refractivity contribution is 7.89. The van der Waals surface area contributed by atoms with Crippen molar-refractivity contribution in [1.29, 1.82) is 0 Å². The van der Waals surface area contributed by atoms with Crippen LogP contribution in [-0.2, 0) is 10.0 Å². The molecular formula is C21H32N2O5S. The smallest absolute Gasteiger partial charge is 0.257 e. The SMILES string of the molecule is COc1ccc(S(=O)(=O)N(C)[C@@H]2CCCC[C@H]2O)cc1C(=O)N1CCCCCC1. The van der Waals surface area contributed by atoms with Crippen molar-refractivity contribution in [2.24, 2.45) is 0 Å². The van der Waals surface area contributed by atoms with Crippen LogP contribution in [0.4, 0.5) is 0 Å². The van der Waals surface area contributed by atoms with E-state index >= 15 is 0 Å². The standard InChI is InChI=1S/C21H32N2O5S/c1-22(18-9-5-6-10-19(18)24)29(26,27)16-11-12-20(28-2)17(15-16)21(25)23-13-7-3-4-8-14-23/h11-12,15,18-19,24H,3-10,13-14H2,1-2H3/t18-,19-/m1/s1. The maximum Gasteiger partial charge on any atom is 0.257 e. The average molecular weight is 425 g/mol. The molecule has 1 heterocycles. The number of likely N-dealkylation sites (N-methyl/N-ethyl adjacent to an activating group) is 1. The summed E-state index contributed by atoms with van der Waals surface area (Å²) < 4.78 is 33.1. The highest BCUT2D eigenvalue weighted by Crippen LogP contribution is 2.30. The van der Waals surface area contributed by atoms with E-state index in [0.29, 0.717) is 31.7 Å². The fourth-order valence-electron chi connectivity index (χ4n) is 4.32. The van der Waals surface area contributed by atoms with Crippen LogP contribution in [0.15, 0.2) is 23.1 Å². The maximum absolute atomic E-state index is 13.2. The first-order valence-electron chi connectivity index (χ1n) is 10.5. The van der Waals surface area contributed by atoms with Gasteiger partial charge in [0.05, 0.1) is 29.7 Å². The Kier molecular flexibility index (Phi) is 7.19. The molecule has 2 atom stereocenters. The van der Waals surface area contributed by atoms with Gasteiger partial charge in [-0.25, -0.2) is 8.42 Å². The predicted octanol–water partition coefficient (Wildman–Crippen LogP) is 2.64. The zero-order chi connectivity index (χ0) is 21.0. The summed E-state index contributed by atoms with van der Waals surface area (Å²) in [6.07, 6.45) is 6.47. The first-order chi connectivity index (χ1) is 13.9. The van der Waals surface area contributed by atoms with Crippen LogP contribution >= 0.6 is 0 Å². The van der Waals surface area contributed by atoms with Crippen LogP contribution in [0.2, 0.25) is 0 Å². The number of benzene rings is 1. The minimum absolute atomic E-state index is 0.0525. The van der Waals surface area contributed by atoms with Gasteiger partial charge in [0.25, 0.3) is 5.91 Å². The Balaban J connectivity index is 1.91. The molecule has 0 unspecified atom stereocenters. The van der Waals surface area contributed by atoms with Gasteiger partial charge in [-0.15, -0.1) is 0 Å². The Labute approximate surface area is 173 Å². The number of ether oxygens (including phenoxy) is 1. The molecule has 0 bridgehead atoms. The summed E-state index contributed by atoms with van der Waals surface area (Å²) in [5.74, 6) is 0.180. The molecule has 3 rings (SSSR count). The highest BCUT2D eigenvalue weighted by Gasteiger charge is 2.35. The van der Waals surface area contributed by atoms with Crippen molar-refractivity contribution in [2.75, 3.05) is 27.2 Å². The Hall–Kier alpha value is -1.64. The number of nitrogens with zero attached hydrogens (tertiary/aromatic N) is 2. The van der Waals surface area contributed by atoms with E-state index < -0.39 is 22.2 Å². The molecular weight excluding hydrogens is 392 g/mol.